The lowest BCUT2D eigenvalue weighted by Crippen LogP contribution is -2.35. The molecule has 0 aromatic rings. The van der Waals surface area contributed by atoms with Gasteiger partial charge in [0.2, 0.25) is 0 Å². The molecule has 3 N–H and O–H groups in total. The maximum absolute atomic E-state index is 8.94. The van der Waals surface area contributed by atoms with Crippen molar-refractivity contribution in [1.82, 2.24) is 0 Å². The number of halogens is 1. The van der Waals surface area contributed by atoms with E-state index in [1.54, 1.807) is 0 Å². The van der Waals surface area contributed by atoms with Crippen LogP contribution in [0.5, 0.6) is 0 Å². The molecule has 2 rings (SSSR count). The smallest absolute Gasteiger partial charge is 0.0479 e. The fraction of sp³-hybridized carbons (Fsp3) is 0.750. The molecule has 2 aliphatic rings. The van der Waals surface area contributed by atoms with E-state index in [2.05, 4.69) is 12.2 Å². The molecule has 0 amide bonds. The molecule has 1 saturated carbocycles. The molecule has 0 unspecified atom stereocenters. The zero-order chi connectivity index (χ0) is 7.14. The van der Waals surface area contributed by atoms with E-state index in [1.807, 2.05) is 0 Å². The second-order valence-corrected chi connectivity index (χ2v) is 3.37. The van der Waals surface area contributed by atoms with Crippen molar-refractivity contribution in [3.05, 3.63) is 12.2 Å². The summed E-state index contributed by atoms with van der Waals surface area (Å²) in [4.78, 5) is 0. The summed E-state index contributed by atoms with van der Waals surface area (Å²) in [5, 5.41) is 8.94. The molecule has 0 aliphatic heterocycles. The average molecular weight is 176 g/mol. The van der Waals surface area contributed by atoms with Crippen molar-refractivity contribution in [2.24, 2.45) is 23.5 Å². The highest BCUT2D eigenvalue weighted by Crippen LogP contribution is 2.42. The van der Waals surface area contributed by atoms with Gasteiger partial charge >= 0.3 is 0 Å². The summed E-state index contributed by atoms with van der Waals surface area (Å²) in [7, 11) is 0. The Morgan fingerprint density at radius 3 is 2.36 bits per heavy atom. The Morgan fingerprint density at radius 1 is 1.36 bits per heavy atom. The number of nitrogens with two attached hydrogens (primary N) is 1. The van der Waals surface area contributed by atoms with Crippen molar-refractivity contribution >= 4 is 12.4 Å². The zero-order valence-electron chi connectivity index (χ0n) is 6.31. The quantitative estimate of drug-likeness (QED) is 0.572. The van der Waals surface area contributed by atoms with Gasteiger partial charge in [-0.1, -0.05) is 12.2 Å². The van der Waals surface area contributed by atoms with Crippen LogP contribution in [0.3, 0.4) is 0 Å². The normalized spacial score (nSPS) is 46.0. The van der Waals surface area contributed by atoms with Gasteiger partial charge in [-0.3, -0.25) is 0 Å². The lowest BCUT2D eigenvalue weighted by atomic mass is 9.90. The first-order valence-corrected chi connectivity index (χ1v) is 3.87. The van der Waals surface area contributed by atoms with E-state index in [0.717, 1.165) is 0 Å². The van der Waals surface area contributed by atoms with Crippen LogP contribution in [0.4, 0.5) is 0 Å². The largest absolute Gasteiger partial charge is 0.396 e. The summed E-state index contributed by atoms with van der Waals surface area (Å²) in [6, 6.07) is 0.222. The predicted molar refractivity (Wildman–Crippen MR) is 46.5 cm³/mol. The van der Waals surface area contributed by atoms with E-state index in [4.69, 9.17) is 10.8 Å². The molecular formula is C8H14ClNO. The molecule has 2 aliphatic carbocycles. The minimum atomic E-state index is 0. The van der Waals surface area contributed by atoms with E-state index in [-0.39, 0.29) is 25.1 Å². The summed E-state index contributed by atoms with van der Waals surface area (Å²) in [6.45, 7) is 0.257. The Bertz CT molecular complexity index is 171. The van der Waals surface area contributed by atoms with Gasteiger partial charge in [0, 0.05) is 18.6 Å². The van der Waals surface area contributed by atoms with Gasteiger partial charge in [-0.05, 0) is 18.3 Å². The van der Waals surface area contributed by atoms with Gasteiger partial charge in [-0.15, -0.1) is 12.4 Å². The summed E-state index contributed by atoms with van der Waals surface area (Å²) in [5.41, 5.74) is 5.86. The molecule has 3 heteroatoms. The Morgan fingerprint density at radius 2 is 2.00 bits per heavy atom. The predicted octanol–water partition coefficient (Wildman–Crippen LogP) is 0.550. The molecule has 4 atom stereocenters. The highest BCUT2D eigenvalue weighted by Gasteiger charge is 2.41. The van der Waals surface area contributed by atoms with Crippen molar-refractivity contribution in [2.75, 3.05) is 6.61 Å². The lowest BCUT2D eigenvalue weighted by molar-refractivity contribution is 0.193. The number of hydrogen-bond donors (Lipinski definition) is 2. The molecule has 11 heavy (non-hydrogen) atoms. The van der Waals surface area contributed by atoms with Gasteiger partial charge in [0.05, 0.1) is 0 Å². The van der Waals surface area contributed by atoms with Crippen LogP contribution >= 0.6 is 12.4 Å². The number of fused-ring (bicyclic) bond motifs is 2. The highest BCUT2D eigenvalue weighted by molar-refractivity contribution is 5.85. The van der Waals surface area contributed by atoms with E-state index in [9.17, 15) is 0 Å². The second-order valence-electron chi connectivity index (χ2n) is 3.37. The maximum atomic E-state index is 8.94. The van der Waals surface area contributed by atoms with Crippen LogP contribution in [-0.4, -0.2) is 17.8 Å². The minimum Gasteiger partial charge on any atom is -0.396 e. The van der Waals surface area contributed by atoms with E-state index < -0.39 is 0 Å². The summed E-state index contributed by atoms with van der Waals surface area (Å²) >= 11 is 0. The molecule has 1 fully saturated rings. The summed E-state index contributed by atoms with van der Waals surface area (Å²) < 4.78 is 0. The fourth-order valence-corrected chi connectivity index (χ4v) is 2.22. The SMILES string of the molecule is Cl.N[C@H]1[C@@H](CO)[C@H]2C=C[C@@H]1C2. The molecule has 0 spiro atoms. The Balaban J connectivity index is 0.000000605. The molecule has 0 saturated heterocycles. The molecule has 2 nitrogen and oxygen atoms in total. The summed E-state index contributed by atoms with van der Waals surface area (Å²) in [6.07, 6.45) is 5.57. The fourth-order valence-electron chi connectivity index (χ4n) is 2.22. The topological polar surface area (TPSA) is 46.2 Å². The van der Waals surface area contributed by atoms with Crippen LogP contribution in [0.15, 0.2) is 12.2 Å². The Hall–Kier alpha value is -0.0500. The monoisotopic (exact) mass is 175 g/mol. The Labute approximate surface area is 72.9 Å². The molecule has 0 aromatic carbocycles. The van der Waals surface area contributed by atoms with E-state index >= 15 is 0 Å². The van der Waals surface area contributed by atoms with Crippen molar-refractivity contribution in [2.45, 2.75) is 12.5 Å². The number of aliphatic hydroxyl groups is 1. The van der Waals surface area contributed by atoms with Crippen molar-refractivity contribution in [1.29, 1.82) is 0 Å². The van der Waals surface area contributed by atoms with Crippen LogP contribution in [0, 0.1) is 17.8 Å². The first-order valence-electron chi connectivity index (χ1n) is 3.87. The molecule has 64 valence electrons. The third-order valence-electron chi connectivity index (χ3n) is 2.90. The molecular weight excluding hydrogens is 162 g/mol. The van der Waals surface area contributed by atoms with Crippen LogP contribution in [-0.2, 0) is 0 Å². The van der Waals surface area contributed by atoms with Crippen molar-refractivity contribution in [3.8, 4) is 0 Å². The molecule has 0 radical (unpaired) electrons. The average Bonchev–Trinajstić information content (AvgIpc) is 2.46. The molecule has 0 heterocycles. The first-order chi connectivity index (χ1) is 4.83. The molecule has 2 bridgehead atoms. The third kappa shape index (κ3) is 1.19. The van der Waals surface area contributed by atoms with Crippen LogP contribution in [0.2, 0.25) is 0 Å². The summed E-state index contributed by atoms with van der Waals surface area (Å²) in [5.74, 6) is 1.47. The van der Waals surface area contributed by atoms with Gasteiger partial charge in [-0.25, -0.2) is 0 Å². The standard InChI is InChI=1S/C8H13NO.ClH/c9-8-6-2-1-5(3-6)7(8)4-10;/h1-2,5-8,10H,3-4,9H2;1H/t5-,6+,7-,8+;/m0./s1. The van der Waals surface area contributed by atoms with E-state index in [1.165, 1.54) is 6.42 Å². The minimum absolute atomic E-state index is 0. The highest BCUT2D eigenvalue weighted by atomic mass is 35.5. The van der Waals surface area contributed by atoms with Gasteiger partial charge in [0.1, 0.15) is 0 Å². The van der Waals surface area contributed by atoms with E-state index in [0.29, 0.717) is 17.8 Å². The first kappa shape index (κ1) is 9.04. The zero-order valence-corrected chi connectivity index (χ0v) is 7.13. The van der Waals surface area contributed by atoms with Gasteiger partial charge in [0.25, 0.3) is 0 Å². The number of allylic oxidation sites excluding steroid dienone is 1. The maximum Gasteiger partial charge on any atom is 0.0479 e. The van der Waals surface area contributed by atoms with Gasteiger partial charge in [-0.2, -0.15) is 0 Å². The Kier molecular flexibility index (Phi) is 2.58. The number of rotatable bonds is 1. The van der Waals surface area contributed by atoms with Crippen molar-refractivity contribution < 1.29 is 5.11 Å². The number of hydrogen-bond acceptors (Lipinski definition) is 2. The van der Waals surface area contributed by atoms with Gasteiger partial charge in [0.15, 0.2) is 0 Å². The molecule has 0 aromatic heterocycles. The van der Waals surface area contributed by atoms with Gasteiger partial charge < -0.3 is 10.8 Å². The third-order valence-corrected chi connectivity index (χ3v) is 2.90. The lowest BCUT2D eigenvalue weighted by Gasteiger charge is -2.21. The van der Waals surface area contributed by atoms with Crippen LogP contribution in [0.25, 0.3) is 0 Å². The number of aliphatic hydroxyl groups excluding tert-OH is 1. The van der Waals surface area contributed by atoms with Crippen LogP contribution in [0.1, 0.15) is 6.42 Å². The van der Waals surface area contributed by atoms with Crippen molar-refractivity contribution in [3.63, 3.8) is 0 Å². The second kappa shape index (κ2) is 3.13. The van der Waals surface area contributed by atoms with Crippen LogP contribution < -0.4 is 5.73 Å².